The van der Waals surface area contributed by atoms with Gasteiger partial charge in [-0.05, 0) is 68.4 Å². The van der Waals surface area contributed by atoms with Gasteiger partial charge in [0.05, 0.1) is 6.61 Å². The summed E-state index contributed by atoms with van der Waals surface area (Å²) >= 11 is 5.96. The number of hydrogen-bond acceptors (Lipinski definition) is 4. The number of carbonyl (C=O) groups excluding carboxylic acids is 1. The van der Waals surface area contributed by atoms with Gasteiger partial charge in [0.15, 0.2) is 0 Å². The van der Waals surface area contributed by atoms with Gasteiger partial charge in [-0.25, -0.2) is 0 Å². The van der Waals surface area contributed by atoms with E-state index in [9.17, 15) is 4.79 Å². The zero-order valence-electron chi connectivity index (χ0n) is 15.5. The molecule has 2 aromatic rings. The average Bonchev–Trinajstić information content (AvgIpc) is 2.68. The standard InChI is InChI=1S/C21H25ClN2O3/c1-26-15-21(9-11-23-12-10-21)14-24-20(25)16-5-7-18(8-6-16)27-19-4-2-3-17(22)13-19/h2-8,13,23H,9-12,14-15H2,1H3,(H,24,25). The summed E-state index contributed by atoms with van der Waals surface area (Å²) in [7, 11) is 1.71. The van der Waals surface area contributed by atoms with Crippen molar-refractivity contribution in [2.45, 2.75) is 12.8 Å². The van der Waals surface area contributed by atoms with Crippen molar-refractivity contribution < 1.29 is 14.3 Å². The molecule has 5 nitrogen and oxygen atoms in total. The Hall–Kier alpha value is -2.08. The Morgan fingerprint density at radius 2 is 1.89 bits per heavy atom. The molecule has 2 aromatic carbocycles. The van der Waals surface area contributed by atoms with Crippen LogP contribution in [0.1, 0.15) is 23.2 Å². The predicted molar refractivity (Wildman–Crippen MR) is 107 cm³/mol. The van der Waals surface area contributed by atoms with Gasteiger partial charge in [0.25, 0.3) is 5.91 Å². The first-order valence-corrected chi connectivity index (χ1v) is 9.49. The van der Waals surface area contributed by atoms with E-state index in [1.165, 1.54) is 0 Å². The fraction of sp³-hybridized carbons (Fsp3) is 0.381. The highest BCUT2D eigenvalue weighted by atomic mass is 35.5. The van der Waals surface area contributed by atoms with Crippen molar-refractivity contribution in [3.05, 3.63) is 59.1 Å². The van der Waals surface area contributed by atoms with Gasteiger partial charge in [-0.1, -0.05) is 17.7 Å². The van der Waals surface area contributed by atoms with E-state index < -0.39 is 0 Å². The number of carbonyl (C=O) groups is 1. The summed E-state index contributed by atoms with van der Waals surface area (Å²) in [4.78, 5) is 12.5. The molecule has 0 atom stereocenters. The highest BCUT2D eigenvalue weighted by Gasteiger charge is 2.32. The van der Waals surface area contributed by atoms with E-state index in [1.54, 1.807) is 43.5 Å². The average molecular weight is 389 g/mol. The first-order valence-electron chi connectivity index (χ1n) is 9.12. The van der Waals surface area contributed by atoms with Crippen molar-refractivity contribution in [3.8, 4) is 11.5 Å². The van der Waals surface area contributed by atoms with Gasteiger partial charge in [0.2, 0.25) is 0 Å². The number of nitrogens with one attached hydrogen (secondary N) is 2. The van der Waals surface area contributed by atoms with Gasteiger partial charge in [0, 0.05) is 29.7 Å². The molecule has 0 aliphatic carbocycles. The first kappa shape index (κ1) is 19.7. The van der Waals surface area contributed by atoms with Crippen LogP contribution in [-0.2, 0) is 4.74 Å². The lowest BCUT2D eigenvalue weighted by atomic mass is 9.79. The topological polar surface area (TPSA) is 59.6 Å². The molecule has 1 aliphatic rings. The van der Waals surface area contributed by atoms with Crippen molar-refractivity contribution in [1.29, 1.82) is 0 Å². The third kappa shape index (κ3) is 5.45. The van der Waals surface area contributed by atoms with Crippen LogP contribution in [-0.4, -0.2) is 39.3 Å². The van der Waals surface area contributed by atoms with Crippen molar-refractivity contribution >= 4 is 17.5 Å². The molecule has 0 bridgehead atoms. The molecule has 1 amide bonds. The maximum absolute atomic E-state index is 12.5. The third-order valence-corrected chi connectivity index (χ3v) is 5.12. The zero-order valence-corrected chi connectivity index (χ0v) is 16.2. The second-order valence-electron chi connectivity index (χ2n) is 6.95. The SMILES string of the molecule is COCC1(CNC(=O)c2ccc(Oc3cccc(Cl)c3)cc2)CCNCC1. The smallest absolute Gasteiger partial charge is 0.251 e. The summed E-state index contributed by atoms with van der Waals surface area (Å²) in [6.07, 6.45) is 1.99. The van der Waals surface area contributed by atoms with Gasteiger partial charge in [-0.3, -0.25) is 4.79 Å². The van der Waals surface area contributed by atoms with Gasteiger partial charge < -0.3 is 20.1 Å². The van der Waals surface area contributed by atoms with Crippen LogP contribution in [0.25, 0.3) is 0 Å². The molecule has 0 unspecified atom stereocenters. The molecule has 144 valence electrons. The summed E-state index contributed by atoms with van der Waals surface area (Å²) in [5.41, 5.74) is 0.612. The summed E-state index contributed by atoms with van der Waals surface area (Å²) < 4.78 is 11.2. The molecule has 3 rings (SSSR count). The van der Waals surface area contributed by atoms with Crippen LogP contribution in [0.2, 0.25) is 5.02 Å². The second kappa shape index (κ2) is 9.22. The minimum absolute atomic E-state index is 0.00525. The Kier molecular flexibility index (Phi) is 6.72. The van der Waals surface area contributed by atoms with Crippen LogP contribution in [0.3, 0.4) is 0 Å². The number of benzene rings is 2. The third-order valence-electron chi connectivity index (χ3n) is 4.89. The molecule has 0 saturated carbocycles. The van der Waals surface area contributed by atoms with E-state index in [4.69, 9.17) is 21.1 Å². The maximum Gasteiger partial charge on any atom is 0.251 e. The van der Waals surface area contributed by atoms with Crippen molar-refractivity contribution in [2.75, 3.05) is 33.4 Å². The number of amides is 1. The van der Waals surface area contributed by atoms with E-state index >= 15 is 0 Å². The van der Waals surface area contributed by atoms with Crippen LogP contribution in [0.15, 0.2) is 48.5 Å². The Morgan fingerprint density at radius 3 is 2.56 bits per heavy atom. The predicted octanol–water partition coefficient (Wildman–Crippen LogP) is 3.88. The van der Waals surface area contributed by atoms with E-state index in [0.29, 0.717) is 35.2 Å². The first-order chi connectivity index (χ1) is 13.1. The van der Waals surface area contributed by atoms with Crippen molar-refractivity contribution in [2.24, 2.45) is 5.41 Å². The molecule has 6 heteroatoms. The molecule has 2 N–H and O–H groups in total. The molecule has 1 fully saturated rings. The number of halogens is 1. The normalized spacial score (nSPS) is 15.9. The van der Waals surface area contributed by atoms with E-state index in [1.807, 2.05) is 12.1 Å². The maximum atomic E-state index is 12.5. The number of hydrogen-bond donors (Lipinski definition) is 2. The molecule has 0 radical (unpaired) electrons. The lowest BCUT2D eigenvalue weighted by molar-refractivity contribution is 0.0512. The molecule has 1 saturated heterocycles. The van der Waals surface area contributed by atoms with E-state index in [0.717, 1.165) is 25.9 Å². The minimum Gasteiger partial charge on any atom is -0.457 e. The second-order valence-corrected chi connectivity index (χ2v) is 7.39. The van der Waals surface area contributed by atoms with Crippen LogP contribution in [0, 0.1) is 5.41 Å². The Labute approximate surface area is 165 Å². The summed E-state index contributed by atoms with van der Waals surface area (Å²) in [6.45, 7) is 3.17. The molecular formula is C21H25ClN2O3. The molecule has 0 spiro atoms. The van der Waals surface area contributed by atoms with Gasteiger partial charge >= 0.3 is 0 Å². The van der Waals surface area contributed by atoms with Crippen LogP contribution in [0.4, 0.5) is 0 Å². The minimum atomic E-state index is -0.0849. The Balaban J connectivity index is 1.58. The monoisotopic (exact) mass is 388 g/mol. The van der Waals surface area contributed by atoms with Crippen LogP contribution in [0.5, 0.6) is 11.5 Å². The number of methoxy groups -OCH3 is 1. The largest absolute Gasteiger partial charge is 0.457 e. The summed E-state index contributed by atoms with van der Waals surface area (Å²) in [6, 6.07) is 14.3. The number of piperidine rings is 1. The lowest BCUT2D eigenvalue weighted by Crippen LogP contribution is -2.47. The fourth-order valence-corrected chi connectivity index (χ4v) is 3.53. The highest BCUT2D eigenvalue weighted by Crippen LogP contribution is 2.28. The lowest BCUT2D eigenvalue weighted by Gasteiger charge is -2.37. The van der Waals surface area contributed by atoms with Gasteiger partial charge in [-0.2, -0.15) is 0 Å². The fourth-order valence-electron chi connectivity index (χ4n) is 3.35. The molecular weight excluding hydrogens is 364 g/mol. The number of rotatable bonds is 7. The molecule has 1 aliphatic heterocycles. The Bertz CT molecular complexity index is 753. The summed E-state index contributed by atoms with van der Waals surface area (Å²) in [5, 5.41) is 7.04. The van der Waals surface area contributed by atoms with Crippen molar-refractivity contribution in [1.82, 2.24) is 10.6 Å². The van der Waals surface area contributed by atoms with Gasteiger partial charge in [0.1, 0.15) is 11.5 Å². The van der Waals surface area contributed by atoms with Crippen LogP contribution >= 0.6 is 11.6 Å². The molecule has 27 heavy (non-hydrogen) atoms. The Morgan fingerprint density at radius 1 is 1.15 bits per heavy atom. The highest BCUT2D eigenvalue weighted by molar-refractivity contribution is 6.30. The quantitative estimate of drug-likeness (QED) is 0.755. The van der Waals surface area contributed by atoms with Crippen LogP contribution < -0.4 is 15.4 Å². The van der Waals surface area contributed by atoms with E-state index in [-0.39, 0.29) is 11.3 Å². The van der Waals surface area contributed by atoms with Gasteiger partial charge in [-0.15, -0.1) is 0 Å². The zero-order chi connectivity index (χ0) is 19.1. The summed E-state index contributed by atoms with van der Waals surface area (Å²) in [5.74, 6) is 1.23. The molecule has 0 aromatic heterocycles. The van der Waals surface area contributed by atoms with E-state index in [2.05, 4.69) is 10.6 Å². The van der Waals surface area contributed by atoms with Crippen molar-refractivity contribution in [3.63, 3.8) is 0 Å². The number of ether oxygens (including phenoxy) is 2. The molecule has 1 heterocycles.